The summed E-state index contributed by atoms with van der Waals surface area (Å²) < 4.78 is 5.07. The first kappa shape index (κ1) is 18.4. The third-order valence-electron chi connectivity index (χ3n) is 4.92. The molecule has 1 aromatic heterocycles. The van der Waals surface area contributed by atoms with Gasteiger partial charge in [0.25, 0.3) is 0 Å². The molecule has 5 heteroatoms. The molecule has 2 nitrogen and oxygen atoms in total. The molecule has 1 aliphatic rings. The van der Waals surface area contributed by atoms with Gasteiger partial charge >= 0.3 is 0 Å². The van der Waals surface area contributed by atoms with E-state index in [0.29, 0.717) is 6.04 Å². The molecule has 1 saturated carbocycles. The Kier molecular flexibility index (Phi) is 6.54. The minimum Gasteiger partial charge on any atom is -0.237 e. The number of nitrogens with zero attached hydrogens (tertiary/aromatic N) is 2. The van der Waals surface area contributed by atoms with E-state index in [-0.39, 0.29) is 0 Å². The molecule has 1 fully saturated rings. The number of hydrogen-bond donors (Lipinski definition) is 0. The highest BCUT2D eigenvalue weighted by molar-refractivity contribution is 8.76. The lowest BCUT2D eigenvalue weighted by atomic mass is 9.95. The van der Waals surface area contributed by atoms with E-state index < -0.39 is 0 Å². The molecule has 0 aliphatic heterocycles. The molecule has 4 rings (SSSR count). The Morgan fingerprint density at radius 1 is 0.962 bits per heavy atom. The highest BCUT2D eigenvalue weighted by Crippen LogP contribution is 2.41. The largest absolute Gasteiger partial charge is 0.237 e. The fourth-order valence-corrected chi connectivity index (χ4v) is 7.16. The van der Waals surface area contributed by atoms with E-state index in [4.69, 9.17) is 4.98 Å². The minimum atomic E-state index is 0.708. The van der Waals surface area contributed by atoms with Crippen molar-refractivity contribution in [1.29, 1.82) is 0 Å². The van der Waals surface area contributed by atoms with Crippen molar-refractivity contribution in [3.63, 3.8) is 0 Å². The van der Waals surface area contributed by atoms with Crippen LogP contribution in [0.15, 0.2) is 58.9 Å². The van der Waals surface area contributed by atoms with Crippen LogP contribution in [0.1, 0.15) is 37.7 Å². The van der Waals surface area contributed by atoms with Crippen LogP contribution in [0, 0.1) is 0 Å². The molecule has 0 radical (unpaired) electrons. The number of thiazole rings is 1. The topological polar surface area (TPSA) is 16.1 Å². The lowest BCUT2D eigenvalue weighted by molar-refractivity contribution is 0.276. The van der Waals surface area contributed by atoms with E-state index in [2.05, 4.69) is 58.9 Å². The second-order valence-corrected chi connectivity index (χ2v) is 10.2. The summed E-state index contributed by atoms with van der Waals surface area (Å²) in [6.07, 6.45) is 7.94. The van der Waals surface area contributed by atoms with Crippen LogP contribution in [0.4, 0.5) is 0 Å². The van der Waals surface area contributed by atoms with E-state index in [9.17, 15) is 0 Å². The van der Waals surface area contributed by atoms with Gasteiger partial charge in [0.2, 0.25) is 0 Å². The third kappa shape index (κ3) is 4.83. The van der Waals surface area contributed by atoms with Gasteiger partial charge < -0.3 is 0 Å². The van der Waals surface area contributed by atoms with Crippen molar-refractivity contribution in [2.45, 2.75) is 48.9 Å². The molecular formula is C21H24N2S3. The van der Waals surface area contributed by atoms with E-state index in [1.807, 2.05) is 21.8 Å². The second kappa shape index (κ2) is 9.27. The quantitative estimate of drug-likeness (QED) is 0.319. The molecule has 26 heavy (non-hydrogen) atoms. The molecule has 0 N–H and O–H groups in total. The van der Waals surface area contributed by atoms with Crippen LogP contribution in [-0.2, 0) is 6.42 Å². The van der Waals surface area contributed by atoms with Crippen molar-refractivity contribution in [3.8, 4) is 0 Å². The summed E-state index contributed by atoms with van der Waals surface area (Å²) in [6, 6.07) is 20.0. The first-order chi connectivity index (χ1) is 12.9. The summed E-state index contributed by atoms with van der Waals surface area (Å²) in [5.41, 5.74) is 2.55. The lowest BCUT2D eigenvalue weighted by Crippen LogP contribution is -2.32. The fraction of sp³-hybridized carbons (Fsp3) is 0.381. The first-order valence-corrected chi connectivity index (χ1v) is 12.3. The predicted octanol–water partition coefficient (Wildman–Crippen LogP) is 6.83. The fourth-order valence-electron chi connectivity index (χ4n) is 3.50. The molecule has 0 saturated heterocycles. The maximum atomic E-state index is 4.78. The molecule has 2 aromatic carbocycles. The van der Waals surface area contributed by atoms with Crippen molar-refractivity contribution in [3.05, 3.63) is 60.2 Å². The van der Waals surface area contributed by atoms with E-state index >= 15 is 0 Å². The van der Waals surface area contributed by atoms with Gasteiger partial charge in [-0.1, -0.05) is 61.7 Å². The van der Waals surface area contributed by atoms with Crippen molar-refractivity contribution in [2.24, 2.45) is 0 Å². The molecule has 0 unspecified atom stereocenters. The van der Waals surface area contributed by atoms with Crippen molar-refractivity contribution < 1.29 is 0 Å². The number of benzene rings is 2. The lowest BCUT2D eigenvalue weighted by Gasteiger charge is -2.32. The van der Waals surface area contributed by atoms with E-state index in [0.717, 1.165) is 22.8 Å². The summed E-state index contributed by atoms with van der Waals surface area (Å²) in [6.45, 7) is 1.11. The van der Waals surface area contributed by atoms with E-state index in [1.165, 1.54) is 42.4 Å². The highest BCUT2D eigenvalue weighted by Gasteiger charge is 2.22. The monoisotopic (exact) mass is 400 g/mol. The molecule has 0 atom stereocenters. The summed E-state index contributed by atoms with van der Waals surface area (Å²) in [5.74, 6) is 0. The summed E-state index contributed by atoms with van der Waals surface area (Å²) in [4.78, 5) is 4.78. The Balaban J connectivity index is 1.41. The van der Waals surface area contributed by atoms with Crippen molar-refractivity contribution >= 4 is 43.3 Å². The van der Waals surface area contributed by atoms with Gasteiger partial charge in [-0.2, -0.15) is 0 Å². The molecule has 136 valence electrons. The van der Waals surface area contributed by atoms with Crippen LogP contribution in [0.5, 0.6) is 0 Å². The Hall–Kier alpha value is -1.01. The Morgan fingerprint density at radius 3 is 2.54 bits per heavy atom. The van der Waals surface area contributed by atoms with Gasteiger partial charge in [0.1, 0.15) is 0 Å². The minimum absolute atomic E-state index is 0.708. The molecule has 1 heterocycles. The van der Waals surface area contributed by atoms with Crippen LogP contribution < -0.4 is 0 Å². The SMILES string of the molecule is c1ccc(CCN(SSc2nc3ccccc3s2)C2CCCCC2)cc1. The molecule has 3 aromatic rings. The van der Waals surface area contributed by atoms with Crippen molar-refractivity contribution in [1.82, 2.24) is 9.29 Å². The van der Waals surface area contributed by atoms with Crippen LogP contribution in [0.25, 0.3) is 10.2 Å². The van der Waals surface area contributed by atoms with Gasteiger partial charge in [-0.05, 0) is 58.7 Å². The maximum Gasteiger partial charge on any atom is 0.162 e. The van der Waals surface area contributed by atoms with Crippen LogP contribution >= 0.6 is 33.1 Å². The third-order valence-corrected chi connectivity index (χ3v) is 8.82. The highest BCUT2D eigenvalue weighted by atomic mass is 33.1. The zero-order chi connectivity index (χ0) is 17.6. The zero-order valence-electron chi connectivity index (χ0n) is 14.8. The maximum absolute atomic E-state index is 4.78. The number of fused-ring (bicyclic) bond motifs is 1. The second-order valence-electron chi connectivity index (χ2n) is 6.77. The normalized spacial score (nSPS) is 15.7. The summed E-state index contributed by atoms with van der Waals surface area (Å²) >= 11 is 1.80. The molecule has 0 spiro atoms. The Morgan fingerprint density at radius 2 is 1.73 bits per heavy atom. The van der Waals surface area contributed by atoms with Gasteiger partial charge in [-0.25, -0.2) is 9.29 Å². The number of hydrogen-bond acceptors (Lipinski definition) is 5. The predicted molar refractivity (Wildman–Crippen MR) is 117 cm³/mol. The molecule has 0 amide bonds. The smallest absolute Gasteiger partial charge is 0.162 e. The average Bonchev–Trinajstić information content (AvgIpc) is 3.12. The molecule has 1 aliphatic carbocycles. The van der Waals surface area contributed by atoms with E-state index in [1.54, 1.807) is 11.3 Å². The summed E-state index contributed by atoms with van der Waals surface area (Å²) in [7, 11) is 3.75. The van der Waals surface area contributed by atoms with Gasteiger partial charge in [-0.3, -0.25) is 0 Å². The first-order valence-electron chi connectivity index (χ1n) is 9.39. The van der Waals surface area contributed by atoms with Crippen LogP contribution in [-0.4, -0.2) is 21.9 Å². The Labute approximate surface area is 167 Å². The zero-order valence-corrected chi connectivity index (χ0v) is 17.3. The molecular weight excluding hydrogens is 376 g/mol. The van der Waals surface area contributed by atoms with Gasteiger partial charge in [0.15, 0.2) is 4.34 Å². The molecule has 0 bridgehead atoms. The van der Waals surface area contributed by atoms with Crippen LogP contribution in [0.3, 0.4) is 0 Å². The number of aromatic nitrogens is 1. The standard InChI is InChI=1S/C21H24N2S3/c1-3-9-17(10-4-1)15-16-23(18-11-5-2-6-12-18)26-25-21-22-19-13-7-8-14-20(19)24-21/h1,3-4,7-10,13-14,18H,2,5-6,11-12,15-16H2. The number of para-hydroxylation sites is 1. The Bertz CT molecular complexity index is 779. The average molecular weight is 401 g/mol. The van der Waals surface area contributed by atoms with Gasteiger partial charge in [0.05, 0.1) is 10.2 Å². The number of rotatable bonds is 7. The van der Waals surface area contributed by atoms with Crippen LogP contribution in [0.2, 0.25) is 0 Å². The van der Waals surface area contributed by atoms with Crippen molar-refractivity contribution in [2.75, 3.05) is 6.54 Å². The van der Waals surface area contributed by atoms with Gasteiger partial charge in [0, 0.05) is 12.6 Å². The summed E-state index contributed by atoms with van der Waals surface area (Å²) in [5, 5.41) is 0. The van der Waals surface area contributed by atoms with Gasteiger partial charge in [-0.15, -0.1) is 11.3 Å².